The summed E-state index contributed by atoms with van der Waals surface area (Å²) < 4.78 is 15.1. The molecule has 1 N–H and O–H groups in total. The molecular weight excluding hydrogens is 469 g/mol. The molecular formula is C22H43Na2O6PS. The molecule has 0 saturated carbocycles. The Hall–Kier alpha value is 1.93. The number of hydrogen-bond donors (Lipinski definition) is 1. The Bertz CT molecular complexity index is 460. The second-order valence-electron chi connectivity index (χ2n) is 8.09. The largest absolute Gasteiger partial charge is 1.00 e. The standard InChI is InChI=1S/C22H45O6PS.2Na/c1-2-3-4-5-6-7-8-9-10-11-12-13-14-15-16-17-18-30-20-21(23)19-28-29(26,27)22(24)25;;/h21,23H,2-20H2,1H3,(H,24,25)(H,26,27);;/q;2*+1/p-2/t21-;;/m0../s1. The maximum Gasteiger partial charge on any atom is 1.00 e. The smallest absolute Gasteiger partial charge is 0.774 e. The van der Waals surface area contributed by atoms with E-state index in [1.54, 1.807) is 0 Å². The molecule has 0 amide bonds. The Labute approximate surface area is 244 Å². The Morgan fingerprint density at radius 3 is 1.59 bits per heavy atom. The number of aliphatic hydroxyl groups is 1. The monoisotopic (exact) mass is 512 g/mol. The first-order valence-electron chi connectivity index (χ1n) is 11.8. The second-order valence-corrected chi connectivity index (χ2v) is 10.9. The van der Waals surface area contributed by atoms with Gasteiger partial charge in [-0.3, -0.25) is 0 Å². The van der Waals surface area contributed by atoms with Gasteiger partial charge in [0.1, 0.15) is 5.71 Å². The van der Waals surface area contributed by atoms with Crippen LogP contribution in [0.3, 0.4) is 0 Å². The molecule has 0 saturated heterocycles. The molecule has 0 fully saturated rings. The molecule has 0 radical (unpaired) electrons. The average Bonchev–Trinajstić information content (AvgIpc) is 2.71. The fraction of sp³-hybridized carbons (Fsp3) is 0.955. The fourth-order valence-corrected chi connectivity index (χ4v) is 4.67. The fourth-order valence-electron chi connectivity index (χ4n) is 3.26. The van der Waals surface area contributed by atoms with E-state index in [1.165, 1.54) is 102 Å². The van der Waals surface area contributed by atoms with Crippen molar-refractivity contribution < 1.29 is 88.1 Å². The number of aliphatic hydroxyl groups excluding tert-OH is 1. The Morgan fingerprint density at radius 1 is 0.844 bits per heavy atom. The second kappa shape index (κ2) is 27.5. The third-order valence-corrected chi connectivity index (χ3v) is 7.25. The van der Waals surface area contributed by atoms with Gasteiger partial charge in [0.2, 0.25) is 0 Å². The van der Waals surface area contributed by atoms with Crippen molar-refractivity contribution in [3.05, 3.63) is 0 Å². The number of rotatable bonds is 23. The van der Waals surface area contributed by atoms with Crippen LogP contribution in [-0.2, 0) is 9.09 Å². The Balaban J connectivity index is -0.00000420. The van der Waals surface area contributed by atoms with E-state index in [9.17, 15) is 24.5 Å². The van der Waals surface area contributed by atoms with Gasteiger partial charge in [-0.2, -0.15) is 11.8 Å². The topological polar surface area (TPSA) is 110 Å². The van der Waals surface area contributed by atoms with Crippen molar-refractivity contribution in [2.75, 3.05) is 18.1 Å². The summed E-state index contributed by atoms with van der Waals surface area (Å²) in [6.45, 7) is 1.72. The molecule has 0 spiro atoms. The molecule has 0 heterocycles. The molecule has 0 aliphatic carbocycles. The minimum Gasteiger partial charge on any atom is -0.774 e. The molecule has 10 heteroatoms. The van der Waals surface area contributed by atoms with Gasteiger partial charge in [-0.25, -0.2) is 0 Å². The van der Waals surface area contributed by atoms with Crippen LogP contribution in [0.1, 0.15) is 110 Å². The molecule has 0 rings (SSSR count). The van der Waals surface area contributed by atoms with Gasteiger partial charge < -0.3 is 29.0 Å². The summed E-state index contributed by atoms with van der Waals surface area (Å²) in [4.78, 5) is 21.2. The van der Waals surface area contributed by atoms with Crippen molar-refractivity contribution in [1.82, 2.24) is 0 Å². The van der Waals surface area contributed by atoms with Crippen molar-refractivity contribution in [3.63, 3.8) is 0 Å². The van der Waals surface area contributed by atoms with E-state index in [0.29, 0.717) is 5.75 Å². The van der Waals surface area contributed by atoms with E-state index in [1.807, 2.05) is 0 Å². The van der Waals surface area contributed by atoms with Gasteiger partial charge >= 0.3 is 59.1 Å². The van der Waals surface area contributed by atoms with E-state index in [0.717, 1.165) is 18.6 Å². The zero-order valence-corrected chi connectivity index (χ0v) is 26.6. The van der Waals surface area contributed by atoms with E-state index in [-0.39, 0.29) is 59.1 Å². The third-order valence-electron chi connectivity index (χ3n) is 5.11. The summed E-state index contributed by atoms with van der Waals surface area (Å²) in [7, 11) is -5.01. The van der Waals surface area contributed by atoms with Gasteiger partial charge in [0.25, 0.3) is 0 Å². The Kier molecular flexibility index (Phi) is 33.1. The maximum atomic E-state index is 10.9. The molecule has 0 bridgehead atoms. The summed E-state index contributed by atoms with van der Waals surface area (Å²) in [5.74, 6) is 1.22. The molecule has 0 aromatic heterocycles. The van der Waals surface area contributed by atoms with Gasteiger partial charge in [-0.15, -0.1) is 0 Å². The first-order chi connectivity index (χ1) is 14.4. The molecule has 0 aromatic carbocycles. The van der Waals surface area contributed by atoms with Crippen molar-refractivity contribution in [2.45, 2.75) is 116 Å². The zero-order valence-electron chi connectivity index (χ0n) is 20.9. The number of unbranched alkanes of at least 4 members (excludes halogenated alkanes) is 15. The van der Waals surface area contributed by atoms with Gasteiger partial charge in [0.15, 0.2) is 7.60 Å². The van der Waals surface area contributed by atoms with Crippen LogP contribution in [0.2, 0.25) is 0 Å². The third kappa shape index (κ3) is 26.5. The number of carbonyl (C=O) groups excluding carboxylic acids is 1. The zero-order chi connectivity index (χ0) is 22.5. The predicted octanol–water partition coefficient (Wildman–Crippen LogP) is -0.737. The average molecular weight is 513 g/mol. The van der Waals surface area contributed by atoms with E-state index in [4.69, 9.17) is 0 Å². The Morgan fingerprint density at radius 2 is 1.22 bits per heavy atom. The van der Waals surface area contributed by atoms with Crippen molar-refractivity contribution >= 4 is 25.1 Å². The van der Waals surface area contributed by atoms with E-state index >= 15 is 0 Å². The summed E-state index contributed by atoms with van der Waals surface area (Å²) >= 11 is 1.52. The normalized spacial score (nSPS) is 13.6. The van der Waals surface area contributed by atoms with Gasteiger partial charge in [-0.1, -0.05) is 103 Å². The van der Waals surface area contributed by atoms with Crippen LogP contribution in [0.5, 0.6) is 0 Å². The molecule has 0 aromatic rings. The summed E-state index contributed by atoms with van der Waals surface area (Å²) in [5.41, 5.74) is -2.25. The number of hydrogen-bond acceptors (Lipinski definition) is 7. The first-order valence-corrected chi connectivity index (χ1v) is 14.5. The number of thioether (sulfide) groups is 1. The molecule has 1 unspecified atom stereocenters. The van der Waals surface area contributed by atoms with Crippen LogP contribution >= 0.6 is 19.4 Å². The molecule has 0 aliphatic rings. The summed E-state index contributed by atoms with van der Waals surface area (Å²) in [5, 5.41) is 19.9. The molecule has 0 aliphatic heterocycles. The molecule has 180 valence electrons. The molecule has 6 nitrogen and oxygen atoms in total. The molecule has 32 heavy (non-hydrogen) atoms. The van der Waals surface area contributed by atoms with Crippen molar-refractivity contribution in [3.8, 4) is 0 Å². The number of carboxylic acid groups (broad SMARTS) is 1. The minimum absolute atomic E-state index is 0. The quantitative estimate of drug-likeness (QED) is 0.109. The van der Waals surface area contributed by atoms with Crippen LogP contribution < -0.4 is 69.1 Å². The predicted molar refractivity (Wildman–Crippen MR) is 122 cm³/mol. The summed E-state index contributed by atoms with van der Waals surface area (Å²) in [6.07, 6.45) is 20.3. The van der Waals surface area contributed by atoms with Crippen LogP contribution in [0.15, 0.2) is 0 Å². The number of carbonyl (C=O) groups is 1. The van der Waals surface area contributed by atoms with E-state index in [2.05, 4.69) is 11.4 Å². The first kappa shape index (κ1) is 38.5. The minimum atomic E-state index is -5.01. The van der Waals surface area contributed by atoms with E-state index < -0.39 is 26.0 Å². The maximum absolute atomic E-state index is 10.9. The van der Waals surface area contributed by atoms with Gasteiger partial charge in [0, 0.05) is 5.75 Å². The van der Waals surface area contributed by atoms with Crippen LogP contribution in [-0.4, -0.2) is 35.0 Å². The van der Waals surface area contributed by atoms with Crippen LogP contribution in [0.25, 0.3) is 0 Å². The van der Waals surface area contributed by atoms with Crippen molar-refractivity contribution in [2.24, 2.45) is 0 Å². The molecule has 2 atom stereocenters. The SMILES string of the molecule is CCCCCCCCCCCCCCCCCCSC[C@@H](O)COP(=O)([O-])C(=O)[O-].[Na+].[Na+]. The van der Waals surface area contributed by atoms with Crippen LogP contribution in [0.4, 0.5) is 4.79 Å². The van der Waals surface area contributed by atoms with Gasteiger partial charge in [0.05, 0.1) is 12.7 Å². The van der Waals surface area contributed by atoms with Crippen molar-refractivity contribution in [1.29, 1.82) is 0 Å². The summed E-state index contributed by atoms with van der Waals surface area (Å²) in [6, 6.07) is 0. The van der Waals surface area contributed by atoms with Gasteiger partial charge in [-0.05, 0) is 12.2 Å². The van der Waals surface area contributed by atoms with Crippen LogP contribution in [0, 0.1) is 0 Å².